The lowest BCUT2D eigenvalue weighted by Gasteiger charge is -2.30. The maximum absolute atomic E-state index is 12.1. The summed E-state index contributed by atoms with van der Waals surface area (Å²) in [5, 5.41) is 16.5. The van der Waals surface area contributed by atoms with Gasteiger partial charge in [-0.1, -0.05) is 0 Å². The lowest BCUT2D eigenvalue weighted by Crippen LogP contribution is -2.44. The van der Waals surface area contributed by atoms with Gasteiger partial charge in [-0.3, -0.25) is 10.1 Å². The van der Waals surface area contributed by atoms with Crippen molar-refractivity contribution in [1.29, 1.82) is 0 Å². The van der Waals surface area contributed by atoms with Crippen LogP contribution in [0.25, 0.3) is 0 Å². The molecular weight excluding hydrogens is 298 g/mol. The third-order valence-electron chi connectivity index (χ3n) is 4.47. The molecule has 1 aliphatic carbocycles. The minimum absolute atomic E-state index is 0.0187. The van der Waals surface area contributed by atoms with Crippen molar-refractivity contribution in [1.82, 2.24) is 5.32 Å². The molecule has 2 atom stereocenters. The van der Waals surface area contributed by atoms with Gasteiger partial charge in [-0.25, -0.2) is 4.79 Å². The molecule has 1 aromatic rings. The number of amides is 2. The van der Waals surface area contributed by atoms with E-state index in [1.54, 1.807) is 13.0 Å². The van der Waals surface area contributed by atoms with E-state index in [1.807, 2.05) is 0 Å². The van der Waals surface area contributed by atoms with E-state index in [1.165, 1.54) is 25.0 Å². The van der Waals surface area contributed by atoms with Crippen molar-refractivity contribution in [2.24, 2.45) is 5.92 Å². The first-order valence-electron chi connectivity index (χ1n) is 7.97. The number of aryl methyl sites for hydroxylation is 1. The molecule has 1 saturated heterocycles. The van der Waals surface area contributed by atoms with Crippen LogP contribution in [0.2, 0.25) is 0 Å². The summed E-state index contributed by atoms with van der Waals surface area (Å²) in [4.78, 5) is 22.4. The molecule has 0 spiro atoms. The first-order valence-corrected chi connectivity index (χ1v) is 7.97. The number of benzene rings is 1. The van der Waals surface area contributed by atoms with Crippen LogP contribution in [-0.4, -0.2) is 29.7 Å². The lowest BCUT2D eigenvalue weighted by molar-refractivity contribution is -0.384. The Morgan fingerprint density at radius 2 is 2.13 bits per heavy atom. The number of rotatable bonds is 4. The number of hydrogen-bond acceptors (Lipinski definition) is 4. The van der Waals surface area contributed by atoms with Gasteiger partial charge in [0.25, 0.3) is 5.69 Å². The third-order valence-corrected chi connectivity index (χ3v) is 4.47. The summed E-state index contributed by atoms with van der Waals surface area (Å²) in [6, 6.07) is 4.24. The van der Waals surface area contributed by atoms with E-state index in [0.29, 0.717) is 23.8 Å². The fraction of sp³-hybridized carbons (Fsp3) is 0.562. The molecule has 1 heterocycles. The van der Waals surface area contributed by atoms with E-state index in [4.69, 9.17) is 4.74 Å². The molecule has 0 bridgehead atoms. The van der Waals surface area contributed by atoms with E-state index in [9.17, 15) is 14.9 Å². The number of ether oxygens (including phenoxy) is 1. The number of urea groups is 1. The van der Waals surface area contributed by atoms with Crippen LogP contribution >= 0.6 is 0 Å². The molecule has 2 unspecified atom stereocenters. The summed E-state index contributed by atoms with van der Waals surface area (Å²) in [6.07, 6.45) is 4.40. The Morgan fingerprint density at radius 3 is 2.78 bits per heavy atom. The van der Waals surface area contributed by atoms with Crippen LogP contribution in [0.3, 0.4) is 0 Å². The van der Waals surface area contributed by atoms with Crippen LogP contribution in [0.15, 0.2) is 18.2 Å². The van der Waals surface area contributed by atoms with Gasteiger partial charge >= 0.3 is 6.03 Å². The smallest absolute Gasteiger partial charge is 0.319 e. The van der Waals surface area contributed by atoms with Gasteiger partial charge in [-0.2, -0.15) is 0 Å². The molecule has 23 heavy (non-hydrogen) atoms. The van der Waals surface area contributed by atoms with Gasteiger partial charge in [0.05, 0.1) is 11.0 Å². The van der Waals surface area contributed by atoms with E-state index in [2.05, 4.69) is 10.6 Å². The Kier molecular flexibility index (Phi) is 4.47. The fourth-order valence-electron chi connectivity index (χ4n) is 3.00. The van der Waals surface area contributed by atoms with Gasteiger partial charge in [-0.15, -0.1) is 0 Å². The average molecular weight is 319 g/mol. The predicted octanol–water partition coefficient (Wildman–Crippen LogP) is 2.98. The summed E-state index contributed by atoms with van der Waals surface area (Å²) in [5.74, 6) is 0.666. The van der Waals surface area contributed by atoms with Crippen molar-refractivity contribution in [3.63, 3.8) is 0 Å². The third kappa shape index (κ3) is 3.98. The van der Waals surface area contributed by atoms with Crippen molar-refractivity contribution < 1.29 is 14.5 Å². The molecule has 2 fully saturated rings. The van der Waals surface area contributed by atoms with Crippen LogP contribution in [0.1, 0.15) is 31.2 Å². The molecule has 1 saturated carbocycles. The van der Waals surface area contributed by atoms with Crippen molar-refractivity contribution in [3.8, 4) is 0 Å². The van der Waals surface area contributed by atoms with Crippen molar-refractivity contribution in [3.05, 3.63) is 33.9 Å². The second-order valence-electron chi connectivity index (χ2n) is 6.32. The minimum Gasteiger partial charge on any atom is -0.378 e. The zero-order valence-electron chi connectivity index (χ0n) is 13.1. The number of carbonyl (C=O) groups excluding carboxylic acids is 1. The number of nitro benzene ring substituents is 1. The number of non-ortho nitro benzene ring substituents is 1. The van der Waals surface area contributed by atoms with E-state index in [0.717, 1.165) is 12.8 Å². The number of carbonyl (C=O) groups is 1. The zero-order valence-corrected chi connectivity index (χ0v) is 13.1. The van der Waals surface area contributed by atoms with Crippen LogP contribution < -0.4 is 10.6 Å². The second kappa shape index (κ2) is 6.54. The Hall–Kier alpha value is -2.15. The van der Waals surface area contributed by atoms with Crippen LogP contribution in [0, 0.1) is 23.0 Å². The standard InChI is InChI=1S/C16H21N3O4/c1-10-8-13(19(21)22)4-5-14(10)18-16(20)17-12-6-7-23-15(9-12)11-2-3-11/h4-5,8,11-12,15H,2-3,6-7,9H2,1H3,(H2,17,18,20). The minimum atomic E-state index is -0.448. The molecule has 1 aliphatic heterocycles. The fourth-order valence-corrected chi connectivity index (χ4v) is 3.00. The molecule has 2 amide bonds. The van der Waals surface area contributed by atoms with E-state index >= 15 is 0 Å². The molecule has 7 nitrogen and oxygen atoms in total. The molecule has 2 aliphatic rings. The monoisotopic (exact) mass is 319 g/mol. The summed E-state index contributed by atoms with van der Waals surface area (Å²) >= 11 is 0. The van der Waals surface area contributed by atoms with Crippen molar-refractivity contribution >= 4 is 17.4 Å². The van der Waals surface area contributed by atoms with Gasteiger partial charge in [0.2, 0.25) is 0 Å². The van der Waals surface area contributed by atoms with Gasteiger partial charge < -0.3 is 15.4 Å². The highest BCUT2D eigenvalue weighted by Crippen LogP contribution is 2.38. The lowest BCUT2D eigenvalue weighted by atomic mass is 10.0. The number of hydrogen-bond donors (Lipinski definition) is 2. The Morgan fingerprint density at radius 1 is 1.35 bits per heavy atom. The van der Waals surface area contributed by atoms with Crippen LogP contribution in [0.4, 0.5) is 16.2 Å². The molecular formula is C16H21N3O4. The number of nitrogens with one attached hydrogen (secondary N) is 2. The maximum Gasteiger partial charge on any atom is 0.319 e. The topological polar surface area (TPSA) is 93.5 Å². The second-order valence-corrected chi connectivity index (χ2v) is 6.32. The average Bonchev–Trinajstić information content (AvgIpc) is 3.34. The highest BCUT2D eigenvalue weighted by atomic mass is 16.6. The van der Waals surface area contributed by atoms with Gasteiger partial charge in [-0.05, 0) is 50.2 Å². The van der Waals surface area contributed by atoms with Gasteiger partial charge in [0.15, 0.2) is 0 Å². The summed E-state index contributed by atoms with van der Waals surface area (Å²) in [6.45, 7) is 2.42. The van der Waals surface area contributed by atoms with Crippen LogP contribution in [0.5, 0.6) is 0 Å². The molecule has 124 valence electrons. The molecule has 0 radical (unpaired) electrons. The first kappa shape index (κ1) is 15.7. The molecule has 7 heteroatoms. The summed E-state index contributed by atoms with van der Waals surface area (Å²) < 4.78 is 5.75. The Bertz CT molecular complexity index is 615. The first-order chi connectivity index (χ1) is 11.0. The summed E-state index contributed by atoms with van der Waals surface area (Å²) in [5.41, 5.74) is 1.27. The highest BCUT2D eigenvalue weighted by Gasteiger charge is 2.36. The Balaban J connectivity index is 1.55. The van der Waals surface area contributed by atoms with E-state index in [-0.39, 0.29) is 23.9 Å². The Labute approximate surface area is 134 Å². The van der Waals surface area contributed by atoms with Crippen molar-refractivity contribution in [2.75, 3.05) is 11.9 Å². The maximum atomic E-state index is 12.1. The molecule has 0 aromatic heterocycles. The largest absolute Gasteiger partial charge is 0.378 e. The van der Waals surface area contributed by atoms with Gasteiger partial charge in [0.1, 0.15) is 0 Å². The SMILES string of the molecule is Cc1cc([N+](=O)[O-])ccc1NC(=O)NC1CCOC(C2CC2)C1. The molecule has 2 N–H and O–H groups in total. The molecule has 3 rings (SSSR count). The quantitative estimate of drug-likeness (QED) is 0.659. The van der Waals surface area contributed by atoms with Gasteiger partial charge in [0, 0.05) is 30.5 Å². The number of anilines is 1. The van der Waals surface area contributed by atoms with E-state index < -0.39 is 4.92 Å². The summed E-state index contributed by atoms with van der Waals surface area (Å²) in [7, 11) is 0. The highest BCUT2D eigenvalue weighted by molar-refractivity contribution is 5.90. The van der Waals surface area contributed by atoms with Crippen LogP contribution in [-0.2, 0) is 4.74 Å². The van der Waals surface area contributed by atoms with Crippen molar-refractivity contribution in [2.45, 2.75) is 44.8 Å². The predicted molar refractivity (Wildman–Crippen MR) is 85.5 cm³/mol. The zero-order chi connectivity index (χ0) is 16.4. The normalized spacial score (nSPS) is 24.0. The molecule has 1 aromatic carbocycles. The number of nitro groups is 1. The number of nitrogens with zero attached hydrogens (tertiary/aromatic N) is 1.